The number of carbonyl (C=O) groups excluding carboxylic acids is 1. The van der Waals surface area contributed by atoms with Crippen molar-refractivity contribution in [1.29, 1.82) is 0 Å². The van der Waals surface area contributed by atoms with Crippen molar-refractivity contribution in [1.82, 2.24) is 10.2 Å². The maximum absolute atomic E-state index is 10.2. The Labute approximate surface area is 102 Å². The van der Waals surface area contributed by atoms with Crippen LogP contribution in [0.15, 0.2) is 33.9 Å². The second-order valence-corrected chi connectivity index (χ2v) is 4.02. The summed E-state index contributed by atoms with van der Waals surface area (Å²) in [6.45, 7) is 0. The molecule has 0 atom stereocenters. The van der Waals surface area contributed by atoms with E-state index in [1.54, 1.807) is 7.11 Å². The van der Waals surface area contributed by atoms with Gasteiger partial charge < -0.3 is 13.9 Å². The number of benzene rings is 1. The van der Waals surface area contributed by atoms with Gasteiger partial charge >= 0.3 is 0 Å². The Hall–Kier alpha value is -1.82. The third-order valence-electron chi connectivity index (χ3n) is 2.02. The summed E-state index contributed by atoms with van der Waals surface area (Å²) in [6.07, 6.45) is 0.789. The summed E-state index contributed by atoms with van der Waals surface area (Å²) >= 11 is 1.20. The van der Waals surface area contributed by atoms with Crippen molar-refractivity contribution in [2.45, 2.75) is 5.22 Å². The predicted octanol–water partition coefficient (Wildman–Crippen LogP) is 2.04. The fraction of sp³-hybridized carbons (Fsp3) is 0.182. The van der Waals surface area contributed by atoms with Crippen LogP contribution >= 0.6 is 11.8 Å². The number of para-hydroxylation sites is 1. The molecule has 0 fully saturated rings. The second kappa shape index (κ2) is 5.49. The third kappa shape index (κ3) is 2.65. The molecule has 0 amide bonds. The number of aldehydes is 1. The fourth-order valence-electron chi connectivity index (χ4n) is 1.30. The third-order valence-corrected chi connectivity index (χ3v) is 2.73. The number of nitrogens with zero attached hydrogens (tertiary/aromatic N) is 2. The van der Waals surface area contributed by atoms with Gasteiger partial charge in [-0.25, -0.2) is 0 Å². The first-order chi connectivity index (χ1) is 8.35. The summed E-state index contributed by atoms with van der Waals surface area (Å²) in [5.41, 5.74) is 0.737. The molecule has 0 spiro atoms. The first kappa shape index (κ1) is 11.7. The molecule has 2 rings (SSSR count). The average molecular weight is 250 g/mol. The molecule has 17 heavy (non-hydrogen) atoms. The van der Waals surface area contributed by atoms with Gasteiger partial charge in [0.1, 0.15) is 12.0 Å². The molecule has 0 aliphatic rings. The molecule has 1 heterocycles. The molecule has 6 heteroatoms. The fourth-order valence-corrected chi connectivity index (χ4v) is 1.75. The molecule has 0 N–H and O–H groups in total. The van der Waals surface area contributed by atoms with E-state index in [4.69, 9.17) is 9.15 Å². The van der Waals surface area contributed by atoms with Crippen LogP contribution in [0.2, 0.25) is 0 Å². The standard InChI is InChI=1S/C11H10N2O3S/c1-15-9-5-3-2-4-8(9)10-12-13-11(16-10)17-7-6-14/h2-6H,7H2,1H3. The van der Waals surface area contributed by atoms with Crippen molar-refractivity contribution in [2.24, 2.45) is 0 Å². The quantitative estimate of drug-likeness (QED) is 0.597. The number of rotatable bonds is 5. The van der Waals surface area contributed by atoms with E-state index in [0.717, 1.165) is 11.8 Å². The molecular weight excluding hydrogens is 240 g/mol. The number of methoxy groups -OCH3 is 1. The molecule has 0 saturated heterocycles. The van der Waals surface area contributed by atoms with E-state index in [1.807, 2.05) is 24.3 Å². The van der Waals surface area contributed by atoms with Gasteiger partial charge in [-0.15, -0.1) is 10.2 Å². The SMILES string of the molecule is COc1ccccc1-c1nnc(SCC=O)o1. The Morgan fingerprint density at radius 1 is 1.41 bits per heavy atom. The van der Waals surface area contributed by atoms with E-state index in [1.165, 1.54) is 11.8 Å². The molecular formula is C11H10N2O3S. The van der Waals surface area contributed by atoms with Crippen LogP contribution in [0.1, 0.15) is 0 Å². The summed E-state index contributed by atoms with van der Waals surface area (Å²) in [6, 6.07) is 7.37. The summed E-state index contributed by atoms with van der Waals surface area (Å²) in [5, 5.41) is 8.13. The van der Waals surface area contributed by atoms with Crippen LogP contribution in [0.3, 0.4) is 0 Å². The van der Waals surface area contributed by atoms with Crippen molar-refractivity contribution in [3.8, 4) is 17.2 Å². The minimum atomic E-state index is 0.299. The van der Waals surface area contributed by atoms with Crippen molar-refractivity contribution >= 4 is 18.0 Å². The van der Waals surface area contributed by atoms with Gasteiger partial charge in [-0.05, 0) is 12.1 Å². The van der Waals surface area contributed by atoms with Crippen molar-refractivity contribution in [2.75, 3.05) is 12.9 Å². The molecule has 0 aliphatic heterocycles. The second-order valence-electron chi connectivity index (χ2n) is 3.05. The van der Waals surface area contributed by atoms with Crippen LogP contribution in [0.25, 0.3) is 11.5 Å². The van der Waals surface area contributed by atoms with Gasteiger partial charge in [-0.1, -0.05) is 23.9 Å². The molecule has 5 nitrogen and oxygen atoms in total. The van der Waals surface area contributed by atoms with E-state index >= 15 is 0 Å². The number of hydrogen-bond acceptors (Lipinski definition) is 6. The minimum absolute atomic E-state index is 0.299. The van der Waals surface area contributed by atoms with Gasteiger partial charge in [0.2, 0.25) is 0 Å². The topological polar surface area (TPSA) is 65.2 Å². The highest BCUT2D eigenvalue weighted by Gasteiger charge is 2.12. The maximum atomic E-state index is 10.2. The Morgan fingerprint density at radius 2 is 2.24 bits per heavy atom. The van der Waals surface area contributed by atoms with E-state index in [9.17, 15) is 4.79 Å². The van der Waals surface area contributed by atoms with E-state index in [2.05, 4.69) is 10.2 Å². The highest BCUT2D eigenvalue weighted by molar-refractivity contribution is 7.99. The first-order valence-corrected chi connectivity index (χ1v) is 5.87. The first-order valence-electron chi connectivity index (χ1n) is 4.88. The monoisotopic (exact) mass is 250 g/mol. The average Bonchev–Trinajstić information content (AvgIpc) is 2.85. The molecule has 0 saturated carbocycles. The van der Waals surface area contributed by atoms with Gasteiger partial charge in [-0.2, -0.15) is 0 Å². The van der Waals surface area contributed by atoms with Crippen molar-refractivity contribution in [3.63, 3.8) is 0 Å². The molecule has 0 unspecified atom stereocenters. The lowest BCUT2D eigenvalue weighted by molar-refractivity contribution is -0.105. The van der Waals surface area contributed by atoms with Crippen LogP contribution in [0, 0.1) is 0 Å². The van der Waals surface area contributed by atoms with E-state index < -0.39 is 0 Å². The molecule has 1 aromatic heterocycles. The highest BCUT2D eigenvalue weighted by Crippen LogP contribution is 2.29. The van der Waals surface area contributed by atoms with Gasteiger partial charge in [0.05, 0.1) is 18.4 Å². The Morgan fingerprint density at radius 3 is 3.00 bits per heavy atom. The normalized spacial score (nSPS) is 10.2. The summed E-state index contributed by atoms with van der Waals surface area (Å²) in [7, 11) is 1.58. The molecule has 0 radical (unpaired) electrons. The lowest BCUT2D eigenvalue weighted by atomic mass is 10.2. The van der Waals surface area contributed by atoms with Gasteiger partial charge in [-0.3, -0.25) is 0 Å². The zero-order valence-electron chi connectivity index (χ0n) is 9.12. The number of ether oxygens (including phenoxy) is 1. The Balaban J connectivity index is 2.27. The number of aromatic nitrogens is 2. The number of thioether (sulfide) groups is 1. The summed E-state index contributed by atoms with van der Waals surface area (Å²) < 4.78 is 10.6. The lowest BCUT2D eigenvalue weighted by Gasteiger charge is -2.02. The van der Waals surface area contributed by atoms with Gasteiger partial charge in [0.15, 0.2) is 0 Å². The maximum Gasteiger partial charge on any atom is 0.277 e. The summed E-state index contributed by atoms with van der Waals surface area (Å²) in [5.74, 6) is 1.35. The molecule has 0 bridgehead atoms. The van der Waals surface area contributed by atoms with Crippen LogP contribution in [0.4, 0.5) is 0 Å². The molecule has 0 aliphatic carbocycles. The zero-order chi connectivity index (χ0) is 12.1. The van der Waals surface area contributed by atoms with Crippen LogP contribution in [0.5, 0.6) is 5.75 Å². The smallest absolute Gasteiger partial charge is 0.277 e. The van der Waals surface area contributed by atoms with Crippen molar-refractivity contribution < 1.29 is 13.9 Å². The number of hydrogen-bond donors (Lipinski definition) is 0. The summed E-state index contributed by atoms with van der Waals surface area (Å²) in [4.78, 5) is 10.2. The minimum Gasteiger partial charge on any atom is -0.496 e. The Kier molecular flexibility index (Phi) is 3.77. The van der Waals surface area contributed by atoms with E-state index in [-0.39, 0.29) is 0 Å². The highest BCUT2D eigenvalue weighted by atomic mass is 32.2. The van der Waals surface area contributed by atoms with Crippen LogP contribution < -0.4 is 4.74 Å². The lowest BCUT2D eigenvalue weighted by Crippen LogP contribution is -1.87. The van der Waals surface area contributed by atoms with Crippen molar-refractivity contribution in [3.05, 3.63) is 24.3 Å². The van der Waals surface area contributed by atoms with Crippen LogP contribution in [-0.2, 0) is 4.79 Å². The zero-order valence-corrected chi connectivity index (χ0v) is 9.94. The van der Waals surface area contributed by atoms with Gasteiger partial charge in [0.25, 0.3) is 11.1 Å². The van der Waals surface area contributed by atoms with Crippen LogP contribution in [-0.4, -0.2) is 29.3 Å². The Bertz CT molecular complexity index is 513. The predicted molar refractivity (Wildman–Crippen MR) is 63.1 cm³/mol. The largest absolute Gasteiger partial charge is 0.496 e. The number of carbonyl (C=O) groups is 1. The van der Waals surface area contributed by atoms with E-state index in [0.29, 0.717) is 22.6 Å². The molecule has 2 aromatic rings. The molecule has 88 valence electrons. The molecule has 1 aromatic carbocycles. The van der Waals surface area contributed by atoms with Gasteiger partial charge in [0, 0.05) is 0 Å².